The van der Waals surface area contributed by atoms with Crippen LogP contribution in [0.3, 0.4) is 0 Å². The van der Waals surface area contributed by atoms with Crippen LogP contribution in [0.25, 0.3) is 0 Å². The molecule has 1 N–H and O–H groups in total. The van der Waals surface area contributed by atoms with Crippen LogP contribution >= 0.6 is 23.3 Å². The van der Waals surface area contributed by atoms with E-state index in [4.69, 9.17) is 0 Å². The van der Waals surface area contributed by atoms with Crippen LogP contribution in [-0.2, 0) is 0 Å². The number of piperidine rings is 1. The number of nitrogens with one attached hydrogen (secondary N) is 1. The lowest BCUT2D eigenvalue weighted by molar-refractivity contribution is 0.162. The standard InChI is InChI=1S/C24H29FN4S2/c1-17-13-23(31-27-24-15-30-16-26-24)21(25)14-22(17)28(3)20-9-11-29(12-10-20)18(2)19-7-5-4-6-8-19/h4-8,13-16,18,20,27H,9-12H2,1-3H3. The molecule has 0 spiro atoms. The molecule has 0 radical (unpaired) electrons. The van der Waals surface area contributed by atoms with Crippen molar-refractivity contribution in [1.82, 2.24) is 9.88 Å². The van der Waals surface area contributed by atoms with E-state index in [-0.39, 0.29) is 5.82 Å². The van der Waals surface area contributed by atoms with E-state index >= 15 is 0 Å². The summed E-state index contributed by atoms with van der Waals surface area (Å²) >= 11 is 2.78. The molecule has 7 heteroatoms. The minimum Gasteiger partial charge on any atom is -0.371 e. The van der Waals surface area contributed by atoms with Gasteiger partial charge in [0.15, 0.2) is 0 Å². The molecule has 1 saturated heterocycles. The molecule has 1 atom stereocenters. The van der Waals surface area contributed by atoms with Gasteiger partial charge in [-0.1, -0.05) is 30.3 Å². The molecule has 1 aromatic heterocycles. The Morgan fingerprint density at radius 3 is 2.65 bits per heavy atom. The fraction of sp³-hybridized carbons (Fsp3) is 0.375. The Morgan fingerprint density at radius 1 is 1.23 bits per heavy atom. The highest BCUT2D eigenvalue weighted by Gasteiger charge is 2.27. The summed E-state index contributed by atoms with van der Waals surface area (Å²) in [6.07, 6.45) is 2.16. The number of rotatable bonds is 7. The average molecular weight is 457 g/mol. The maximum atomic E-state index is 14.8. The third kappa shape index (κ3) is 5.22. The van der Waals surface area contributed by atoms with Gasteiger partial charge in [0.05, 0.1) is 10.4 Å². The van der Waals surface area contributed by atoms with E-state index in [0.29, 0.717) is 17.0 Å². The van der Waals surface area contributed by atoms with Crippen LogP contribution in [0.4, 0.5) is 15.9 Å². The molecule has 1 aliphatic heterocycles. The van der Waals surface area contributed by atoms with E-state index < -0.39 is 0 Å². The van der Waals surface area contributed by atoms with Crippen molar-refractivity contribution in [3.63, 3.8) is 0 Å². The van der Waals surface area contributed by atoms with Crippen molar-refractivity contribution in [2.45, 2.75) is 43.7 Å². The van der Waals surface area contributed by atoms with Crippen molar-refractivity contribution in [1.29, 1.82) is 0 Å². The van der Waals surface area contributed by atoms with E-state index in [9.17, 15) is 4.39 Å². The first-order chi connectivity index (χ1) is 15.0. The predicted octanol–water partition coefficient (Wildman–Crippen LogP) is 6.37. The average Bonchev–Trinajstić information content (AvgIpc) is 3.33. The number of benzene rings is 2. The first-order valence-electron chi connectivity index (χ1n) is 10.7. The maximum absolute atomic E-state index is 14.8. The van der Waals surface area contributed by atoms with Crippen molar-refractivity contribution in [3.8, 4) is 0 Å². The van der Waals surface area contributed by atoms with E-state index in [2.05, 4.69) is 70.7 Å². The summed E-state index contributed by atoms with van der Waals surface area (Å²) in [5, 5.41) is 1.91. The highest BCUT2D eigenvalue weighted by molar-refractivity contribution is 8.00. The molecule has 0 bridgehead atoms. The van der Waals surface area contributed by atoms with Gasteiger partial charge in [-0.2, -0.15) is 0 Å². The smallest absolute Gasteiger partial charge is 0.147 e. The fourth-order valence-electron chi connectivity index (χ4n) is 4.27. The normalized spacial score (nSPS) is 16.3. The number of nitrogens with zero attached hydrogens (tertiary/aromatic N) is 3. The molecule has 1 aliphatic rings. The van der Waals surface area contributed by atoms with Gasteiger partial charge in [0.25, 0.3) is 0 Å². The maximum Gasteiger partial charge on any atom is 0.147 e. The molecule has 0 saturated carbocycles. The van der Waals surface area contributed by atoms with E-state index in [0.717, 1.165) is 43.0 Å². The van der Waals surface area contributed by atoms with Crippen molar-refractivity contribution in [2.75, 3.05) is 29.8 Å². The number of thiazole rings is 1. The highest BCUT2D eigenvalue weighted by atomic mass is 32.2. The molecular weight excluding hydrogens is 427 g/mol. The summed E-state index contributed by atoms with van der Waals surface area (Å²) in [5.41, 5.74) is 5.19. The van der Waals surface area contributed by atoms with Crippen LogP contribution < -0.4 is 9.62 Å². The molecule has 3 aromatic rings. The number of likely N-dealkylation sites (tertiary alicyclic amines) is 1. The largest absolute Gasteiger partial charge is 0.371 e. The van der Waals surface area contributed by atoms with Crippen molar-refractivity contribution in [2.24, 2.45) is 0 Å². The van der Waals surface area contributed by atoms with Crippen LogP contribution in [0.2, 0.25) is 0 Å². The SMILES string of the molecule is Cc1cc(SNc2cscn2)c(F)cc1N(C)C1CCN(C(C)c2ccccc2)CC1. The molecule has 164 valence electrons. The molecular formula is C24H29FN4S2. The monoisotopic (exact) mass is 456 g/mol. The van der Waals surface area contributed by atoms with Gasteiger partial charge in [0, 0.05) is 43.3 Å². The minimum absolute atomic E-state index is 0.199. The molecule has 2 heterocycles. The van der Waals surface area contributed by atoms with E-state index in [1.54, 1.807) is 11.6 Å². The number of hydrogen-bond donors (Lipinski definition) is 1. The summed E-state index contributed by atoms with van der Waals surface area (Å²) in [6.45, 7) is 6.45. The van der Waals surface area contributed by atoms with E-state index in [1.807, 2.05) is 11.4 Å². The second kappa shape index (κ2) is 10.0. The minimum atomic E-state index is -0.199. The first kappa shape index (κ1) is 22.1. The Morgan fingerprint density at radius 2 is 1.97 bits per heavy atom. The van der Waals surface area contributed by atoms with Gasteiger partial charge >= 0.3 is 0 Å². The van der Waals surface area contributed by atoms with Crippen LogP contribution in [-0.4, -0.2) is 36.1 Å². The topological polar surface area (TPSA) is 31.4 Å². The predicted molar refractivity (Wildman–Crippen MR) is 131 cm³/mol. The van der Waals surface area contributed by atoms with Gasteiger partial charge in [-0.15, -0.1) is 11.3 Å². The zero-order chi connectivity index (χ0) is 21.8. The van der Waals surface area contributed by atoms with Crippen LogP contribution in [0, 0.1) is 12.7 Å². The second-order valence-electron chi connectivity index (χ2n) is 8.11. The Hall–Kier alpha value is -2.09. The Balaban J connectivity index is 1.38. The summed E-state index contributed by atoms with van der Waals surface area (Å²) in [5.74, 6) is 0.556. The second-order valence-corrected chi connectivity index (χ2v) is 9.68. The molecule has 4 rings (SSSR count). The zero-order valence-electron chi connectivity index (χ0n) is 18.2. The Labute approximate surface area is 192 Å². The third-order valence-electron chi connectivity index (χ3n) is 6.20. The van der Waals surface area contributed by atoms with Gasteiger partial charge < -0.3 is 9.62 Å². The molecule has 1 fully saturated rings. The summed E-state index contributed by atoms with van der Waals surface area (Å²) < 4.78 is 17.9. The number of anilines is 2. The fourth-order valence-corrected chi connectivity index (χ4v) is 5.55. The third-order valence-corrected chi connectivity index (χ3v) is 7.64. The van der Waals surface area contributed by atoms with Crippen molar-refractivity contribution >= 4 is 34.8 Å². The zero-order valence-corrected chi connectivity index (χ0v) is 19.8. The number of aromatic nitrogens is 1. The van der Waals surface area contributed by atoms with Gasteiger partial charge in [-0.25, -0.2) is 9.37 Å². The number of aryl methyl sites for hydroxylation is 1. The van der Waals surface area contributed by atoms with Gasteiger partial charge in [0.1, 0.15) is 11.6 Å². The number of halogens is 1. The quantitative estimate of drug-likeness (QED) is 0.418. The highest BCUT2D eigenvalue weighted by Crippen LogP contribution is 2.33. The van der Waals surface area contributed by atoms with Crippen molar-refractivity contribution < 1.29 is 4.39 Å². The lowest BCUT2D eigenvalue weighted by atomic mass is 9.98. The molecule has 1 unspecified atom stereocenters. The summed E-state index contributed by atoms with van der Waals surface area (Å²) in [7, 11) is 2.10. The molecule has 0 aliphatic carbocycles. The van der Waals surface area contributed by atoms with E-state index in [1.165, 1.54) is 28.8 Å². The lowest BCUT2D eigenvalue weighted by Gasteiger charge is -2.40. The van der Waals surface area contributed by atoms with Crippen LogP contribution in [0.15, 0.2) is 58.3 Å². The molecule has 2 aromatic carbocycles. The summed E-state index contributed by atoms with van der Waals surface area (Å²) in [4.78, 5) is 9.59. The first-order valence-corrected chi connectivity index (χ1v) is 12.4. The van der Waals surface area contributed by atoms with Crippen molar-refractivity contribution in [3.05, 3.63) is 70.3 Å². The van der Waals surface area contributed by atoms with Gasteiger partial charge in [-0.3, -0.25) is 4.90 Å². The lowest BCUT2D eigenvalue weighted by Crippen LogP contribution is -2.44. The molecule has 0 amide bonds. The molecule has 31 heavy (non-hydrogen) atoms. The Kier molecular flexibility index (Phi) is 7.15. The van der Waals surface area contributed by atoms with Gasteiger partial charge in [0.2, 0.25) is 0 Å². The number of hydrogen-bond acceptors (Lipinski definition) is 6. The summed E-state index contributed by atoms with van der Waals surface area (Å²) in [6, 6.07) is 15.2. The molecule has 4 nitrogen and oxygen atoms in total. The van der Waals surface area contributed by atoms with Crippen LogP contribution in [0.1, 0.15) is 36.9 Å². The van der Waals surface area contributed by atoms with Gasteiger partial charge in [-0.05, 0) is 61.9 Å². The van der Waals surface area contributed by atoms with Crippen LogP contribution in [0.5, 0.6) is 0 Å². The Bertz CT molecular complexity index is 973.